The molecule has 0 fully saturated rings. The van der Waals surface area contributed by atoms with Crippen LogP contribution in [-0.2, 0) is 0 Å². The third-order valence-corrected chi connectivity index (χ3v) is 4.28. The Morgan fingerprint density at radius 3 is 2.74 bits per heavy atom. The van der Waals surface area contributed by atoms with E-state index < -0.39 is 0 Å². The highest BCUT2D eigenvalue weighted by Gasteiger charge is 2.07. The van der Waals surface area contributed by atoms with Gasteiger partial charge in [0.25, 0.3) is 0 Å². The number of aromatic nitrogens is 1. The van der Waals surface area contributed by atoms with Crippen molar-refractivity contribution in [1.29, 1.82) is 5.26 Å². The normalized spacial score (nSPS) is 10.5. The highest BCUT2D eigenvalue weighted by atomic mass is 79.9. The van der Waals surface area contributed by atoms with E-state index >= 15 is 0 Å². The van der Waals surface area contributed by atoms with Crippen LogP contribution in [0.25, 0.3) is 10.9 Å². The van der Waals surface area contributed by atoms with Gasteiger partial charge < -0.3 is 4.98 Å². The van der Waals surface area contributed by atoms with Crippen molar-refractivity contribution in [3.8, 4) is 6.07 Å². The van der Waals surface area contributed by atoms with E-state index in [-0.39, 0.29) is 0 Å². The molecule has 0 saturated carbocycles. The van der Waals surface area contributed by atoms with E-state index in [1.165, 1.54) is 5.39 Å². The zero-order valence-corrected chi connectivity index (χ0v) is 12.3. The number of fused-ring (bicyclic) bond motifs is 1. The van der Waals surface area contributed by atoms with Gasteiger partial charge in [-0.3, -0.25) is 0 Å². The van der Waals surface area contributed by atoms with Crippen molar-refractivity contribution in [3.05, 3.63) is 58.6 Å². The summed E-state index contributed by atoms with van der Waals surface area (Å²) in [5.74, 6) is 0. The molecule has 3 rings (SSSR count). The smallest absolute Gasteiger partial charge is 0.100 e. The molecule has 0 aliphatic rings. The van der Waals surface area contributed by atoms with Gasteiger partial charge in [-0.15, -0.1) is 0 Å². The number of nitrogens with zero attached hydrogens (tertiary/aromatic N) is 1. The first kappa shape index (κ1) is 12.3. The van der Waals surface area contributed by atoms with E-state index in [0.29, 0.717) is 5.56 Å². The Morgan fingerprint density at radius 1 is 1.11 bits per heavy atom. The molecule has 92 valence electrons. The number of H-pyrrole nitrogens is 1. The van der Waals surface area contributed by atoms with E-state index in [1.54, 1.807) is 11.8 Å². The first-order valence-electron chi connectivity index (χ1n) is 5.71. The van der Waals surface area contributed by atoms with Crippen LogP contribution in [0.3, 0.4) is 0 Å². The molecule has 1 N–H and O–H groups in total. The van der Waals surface area contributed by atoms with E-state index in [9.17, 15) is 0 Å². The van der Waals surface area contributed by atoms with E-state index in [4.69, 9.17) is 5.26 Å². The molecule has 1 heterocycles. The highest BCUT2D eigenvalue weighted by Crippen LogP contribution is 2.33. The molecule has 0 bridgehead atoms. The van der Waals surface area contributed by atoms with Crippen LogP contribution in [0.4, 0.5) is 0 Å². The topological polar surface area (TPSA) is 39.6 Å². The van der Waals surface area contributed by atoms with Gasteiger partial charge in [-0.25, -0.2) is 0 Å². The summed E-state index contributed by atoms with van der Waals surface area (Å²) in [6.07, 6.45) is 0. The third kappa shape index (κ3) is 2.53. The molecule has 2 nitrogen and oxygen atoms in total. The molecule has 0 spiro atoms. The average Bonchev–Trinajstić information content (AvgIpc) is 2.81. The summed E-state index contributed by atoms with van der Waals surface area (Å²) in [5.41, 5.74) is 1.80. The van der Waals surface area contributed by atoms with Crippen molar-refractivity contribution in [3.63, 3.8) is 0 Å². The average molecular weight is 329 g/mol. The Bertz CT molecular complexity index is 753. The fourth-order valence-electron chi connectivity index (χ4n) is 1.89. The number of hydrogen-bond acceptors (Lipinski definition) is 2. The molecule has 1 aromatic heterocycles. The Balaban J connectivity index is 2.01. The van der Waals surface area contributed by atoms with Gasteiger partial charge in [0.15, 0.2) is 0 Å². The second-order valence-electron chi connectivity index (χ2n) is 4.08. The number of benzene rings is 2. The summed E-state index contributed by atoms with van der Waals surface area (Å²) in [6, 6.07) is 18.1. The predicted molar refractivity (Wildman–Crippen MR) is 81.3 cm³/mol. The highest BCUT2D eigenvalue weighted by molar-refractivity contribution is 9.10. The van der Waals surface area contributed by atoms with Crippen LogP contribution in [0, 0.1) is 11.3 Å². The molecule has 0 unspecified atom stereocenters. The monoisotopic (exact) mass is 328 g/mol. The fraction of sp³-hybridized carbons (Fsp3) is 0. The minimum absolute atomic E-state index is 0.687. The largest absolute Gasteiger partial charge is 0.349 e. The lowest BCUT2D eigenvalue weighted by molar-refractivity contribution is 1.23. The second kappa shape index (κ2) is 5.12. The van der Waals surface area contributed by atoms with Gasteiger partial charge in [0.1, 0.15) is 6.07 Å². The molecular weight excluding hydrogens is 320 g/mol. The van der Waals surface area contributed by atoms with E-state index in [1.807, 2.05) is 36.4 Å². The number of para-hydroxylation sites is 1. The molecule has 0 aliphatic heterocycles. The molecule has 3 aromatic rings. The fourth-order valence-corrected chi connectivity index (χ4v) is 3.40. The number of rotatable bonds is 2. The third-order valence-electron chi connectivity index (χ3n) is 2.79. The van der Waals surface area contributed by atoms with Crippen molar-refractivity contribution in [2.75, 3.05) is 0 Å². The molecule has 0 radical (unpaired) electrons. The van der Waals surface area contributed by atoms with Gasteiger partial charge in [0.2, 0.25) is 0 Å². The van der Waals surface area contributed by atoms with Crippen molar-refractivity contribution in [1.82, 2.24) is 4.98 Å². The van der Waals surface area contributed by atoms with Crippen LogP contribution < -0.4 is 0 Å². The molecule has 0 aliphatic carbocycles. The maximum absolute atomic E-state index is 9.14. The molecule has 4 heteroatoms. The molecule has 0 amide bonds. The maximum Gasteiger partial charge on any atom is 0.100 e. The van der Waals surface area contributed by atoms with E-state index in [2.05, 4.69) is 39.1 Å². The summed E-state index contributed by atoms with van der Waals surface area (Å²) in [7, 11) is 0. The number of hydrogen-bond donors (Lipinski definition) is 1. The standard InChI is InChI=1S/C15H9BrN2S/c16-12-6-5-11(9-17)14(8-12)19-15-7-10-3-1-2-4-13(10)18-15/h1-8,18H. The summed E-state index contributed by atoms with van der Waals surface area (Å²) >= 11 is 5.01. The summed E-state index contributed by atoms with van der Waals surface area (Å²) < 4.78 is 0.977. The minimum Gasteiger partial charge on any atom is -0.349 e. The zero-order valence-electron chi connectivity index (χ0n) is 9.85. The Labute approximate surface area is 123 Å². The summed E-state index contributed by atoms with van der Waals surface area (Å²) in [4.78, 5) is 4.30. The predicted octanol–water partition coefficient (Wildman–Crippen LogP) is 4.95. The summed E-state index contributed by atoms with van der Waals surface area (Å²) in [6.45, 7) is 0. The van der Waals surface area contributed by atoms with Crippen molar-refractivity contribution in [2.24, 2.45) is 0 Å². The lowest BCUT2D eigenvalue weighted by Gasteiger charge is -2.02. The van der Waals surface area contributed by atoms with Gasteiger partial charge in [-0.05, 0) is 30.3 Å². The van der Waals surface area contributed by atoms with Crippen LogP contribution in [0.1, 0.15) is 5.56 Å². The number of halogens is 1. The zero-order chi connectivity index (χ0) is 13.2. The van der Waals surface area contributed by atoms with Crippen LogP contribution in [-0.4, -0.2) is 4.98 Å². The molecule has 0 atom stereocenters. The lowest BCUT2D eigenvalue weighted by atomic mass is 10.2. The molecule has 19 heavy (non-hydrogen) atoms. The van der Waals surface area contributed by atoms with Crippen LogP contribution >= 0.6 is 27.7 Å². The first-order valence-corrected chi connectivity index (χ1v) is 7.32. The number of nitriles is 1. The Kier molecular flexibility index (Phi) is 3.33. The van der Waals surface area contributed by atoms with Crippen molar-refractivity contribution in [2.45, 2.75) is 9.92 Å². The van der Waals surface area contributed by atoms with Gasteiger partial charge in [-0.1, -0.05) is 45.9 Å². The van der Waals surface area contributed by atoms with Gasteiger partial charge in [-0.2, -0.15) is 5.26 Å². The van der Waals surface area contributed by atoms with Gasteiger partial charge in [0, 0.05) is 20.3 Å². The van der Waals surface area contributed by atoms with Crippen LogP contribution in [0.5, 0.6) is 0 Å². The SMILES string of the molecule is N#Cc1ccc(Br)cc1Sc1cc2ccccc2[nH]1. The maximum atomic E-state index is 9.14. The lowest BCUT2D eigenvalue weighted by Crippen LogP contribution is -1.81. The van der Waals surface area contributed by atoms with E-state index in [0.717, 1.165) is 19.9 Å². The van der Waals surface area contributed by atoms with Gasteiger partial charge in [0.05, 0.1) is 10.6 Å². The quantitative estimate of drug-likeness (QED) is 0.722. The molecule has 2 aromatic carbocycles. The first-order chi connectivity index (χ1) is 9.26. The number of aromatic amines is 1. The minimum atomic E-state index is 0.687. The second-order valence-corrected chi connectivity index (χ2v) is 6.07. The molecular formula is C15H9BrN2S. The number of nitrogens with one attached hydrogen (secondary N) is 1. The summed E-state index contributed by atoms with van der Waals surface area (Å²) in [5, 5.41) is 11.4. The van der Waals surface area contributed by atoms with Crippen LogP contribution in [0.2, 0.25) is 0 Å². The Hall–Kier alpha value is -1.70. The van der Waals surface area contributed by atoms with Gasteiger partial charge >= 0.3 is 0 Å². The van der Waals surface area contributed by atoms with Crippen molar-refractivity contribution >= 4 is 38.6 Å². The molecule has 0 saturated heterocycles. The van der Waals surface area contributed by atoms with Crippen LogP contribution in [0.15, 0.2) is 62.9 Å². The van der Waals surface area contributed by atoms with Crippen molar-refractivity contribution < 1.29 is 0 Å². The Morgan fingerprint density at radius 2 is 1.95 bits per heavy atom.